The van der Waals surface area contributed by atoms with E-state index in [1.54, 1.807) is 6.07 Å². The van der Waals surface area contributed by atoms with Crippen molar-refractivity contribution in [2.45, 2.75) is 18.5 Å². The third kappa shape index (κ3) is 5.01. The van der Waals surface area contributed by atoms with Crippen molar-refractivity contribution in [2.75, 3.05) is 9.80 Å². The molecule has 0 bridgehead atoms. The molecule has 304 valence electrons. The molecule has 0 amide bonds. The maximum Gasteiger partial charge on any atom is 0.171 e. The lowest BCUT2D eigenvalue weighted by Crippen LogP contribution is -2.36. The minimum absolute atomic E-state index is 0.268. The van der Waals surface area contributed by atoms with Gasteiger partial charge < -0.3 is 14.2 Å². The van der Waals surface area contributed by atoms with Gasteiger partial charge in [-0.2, -0.15) is 0 Å². The van der Waals surface area contributed by atoms with E-state index in [0.717, 1.165) is 50.3 Å². The first kappa shape index (κ1) is 36.9. The summed E-state index contributed by atoms with van der Waals surface area (Å²) in [6, 6.07) is 74.2. The summed E-state index contributed by atoms with van der Waals surface area (Å²) in [5.41, 5.74) is 13.9. The first-order valence-corrected chi connectivity index (χ1v) is 25.0. The average Bonchev–Trinajstić information content (AvgIpc) is 3.88. The van der Waals surface area contributed by atoms with Crippen molar-refractivity contribution in [3.8, 4) is 11.1 Å². The summed E-state index contributed by atoms with van der Waals surface area (Å²) < 4.78 is 22.2. The fraction of sp³-hybridized carbons (Fsp3) is 0.0508. The first-order chi connectivity index (χ1) is 31.5. The van der Waals surface area contributed by atoms with Gasteiger partial charge in [-0.3, -0.25) is 0 Å². The van der Waals surface area contributed by atoms with Gasteiger partial charge in [-0.15, -0.1) is 0 Å². The standard InChI is InChI=1S/C59H41FN2OSi/c1-64(2)40-33-31-39(32-34-40)62(53-29-15-23-45-44-22-14-26-50(60)57(44)63-58(45)53)54-36-49-56(43-21-9-8-20-42(43)54)55-41-19-7-6-16-37(41)30-35-48(55)59(49)46-24-10-12-27-51(46)61(38-17-4-3-5-18-38)52-28-13-11-25-47(52)59/h3-36,64H,1-2H3. The molecule has 0 radical (unpaired) electrons. The Morgan fingerprint density at radius 1 is 0.469 bits per heavy atom. The minimum Gasteiger partial charge on any atom is -0.451 e. The number of fused-ring (bicyclic) bond motifs is 16. The van der Waals surface area contributed by atoms with Crippen LogP contribution in [0.4, 0.5) is 38.5 Å². The molecule has 0 N–H and O–H groups in total. The van der Waals surface area contributed by atoms with Crippen LogP contribution in [0, 0.1) is 5.82 Å². The van der Waals surface area contributed by atoms with E-state index in [2.05, 4.69) is 205 Å². The predicted molar refractivity (Wildman–Crippen MR) is 267 cm³/mol. The van der Waals surface area contributed by atoms with Gasteiger partial charge in [0.25, 0.3) is 0 Å². The number of anilines is 6. The molecule has 2 heterocycles. The second-order valence-corrected chi connectivity index (χ2v) is 20.5. The molecule has 1 aliphatic heterocycles. The smallest absolute Gasteiger partial charge is 0.171 e. The summed E-state index contributed by atoms with van der Waals surface area (Å²) in [5, 5.41) is 7.75. The van der Waals surface area contributed by atoms with E-state index in [4.69, 9.17) is 4.42 Å². The Balaban J connectivity index is 1.20. The highest BCUT2D eigenvalue weighted by atomic mass is 28.3. The van der Waals surface area contributed by atoms with E-state index in [9.17, 15) is 0 Å². The van der Waals surface area contributed by atoms with E-state index in [1.807, 2.05) is 12.1 Å². The number of benzene rings is 10. The molecule has 1 aliphatic carbocycles. The topological polar surface area (TPSA) is 19.6 Å². The number of halogens is 1. The molecule has 2 aliphatic rings. The normalized spacial score (nSPS) is 13.5. The third-order valence-electron chi connectivity index (χ3n) is 13.9. The van der Waals surface area contributed by atoms with Crippen molar-refractivity contribution in [1.29, 1.82) is 0 Å². The summed E-state index contributed by atoms with van der Waals surface area (Å²) in [5.74, 6) is -0.369. The van der Waals surface area contributed by atoms with Gasteiger partial charge in [0.1, 0.15) is 0 Å². The Morgan fingerprint density at radius 2 is 1.06 bits per heavy atom. The Bertz CT molecular complexity index is 3640. The van der Waals surface area contributed by atoms with E-state index in [-0.39, 0.29) is 11.4 Å². The van der Waals surface area contributed by atoms with Crippen LogP contribution in [-0.2, 0) is 5.41 Å². The zero-order chi connectivity index (χ0) is 42.7. The molecular weight excluding hydrogens is 800 g/mol. The van der Waals surface area contributed by atoms with E-state index >= 15 is 4.39 Å². The van der Waals surface area contributed by atoms with Crippen LogP contribution < -0.4 is 15.0 Å². The van der Waals surface area contributed by atoms with Crippen LogP contribution in [0.3, 0.4) is 0 Å². The van der Waals surface area contributed by atoms with E-state index in [1.165, 1.54) is 60.8 Å². The van der Waals surface area contributed by atoms with Gasteiger partial charge in [-0.05, 0) is 104 Å². The molecule has 10 aromatic carbocycles. The average molecular weight is 841 g/mol. The van der Waals surface area contributed by atoms with Gasteiger partial charge in [-0.1, -0.05) is 170 Å². The zero-order valence-electron chi connectivity index (χ0n) is 35.4. The van der Waals surface area contributed by atoms with Gasteiger partial charge >= 0.3 is 0 Å². The minimum atomic E-state index is -1.10. The summed E-state index contributed by atoms with van der Waals surface area (Å²) >= 11 is 0. The number of hydrogen-bond donors (Lipinski definition) is 0. The lowest BCUT2D eigenvalue weighted by atomic mass is 9.64. The molecule has 1 aromatic heterocycles. The van der Waals surface area contributed by atoms with Crippen LogP contribution in [-0.4, -0.2) is 8.80 Å². The molecule has 64 heavy (non-hydrogen) atoms. The Kier molecular flexibility index (Phi) is 8.00. The molecule has 3 nitrogen and oxygen atoms in total. The van der Waals surface area contributed by atoms with Gasteiger partial charge in [0.15, 0.2) is 17.0 Å². The number of para-hydroxylation sites is 5. The van der Waals surface area contributed by atoms with Crippen molar-refractivity contribution in [1.82, 2.24) is 0 Å². The molecule has 0 unspecified atom stereocenters. The van der Waals surface area contributed by atoms with Crippen LogP contribution in [0.1, 0.15) is 22.3 Å². The monoisotopic (exact) mass is 840 g/mol. The summed E-state index contributed by atoms with van der Waals surface area (Å²) in [6.07, 6.45) is 0. The van der Waals surface area contributed by atoms with Crippen LogP contribution >= 0.6 is 0 Å². The van der Waals surface area contributed by atoms with Crippen LogP contribution in [0.15, 0.2) is 211 Å². The fourth-order valence-corrected chi connectivity index (χ4v) is 12.1. The van der Waals surface area contributed by atoms with Crippen molar-refractivity contribution in [3.05, 3.63) is 234 Å². The molecule has 0 saturated carbocycles. The summed E-state index contributed by atoms with van der Waals surface area (Å²) in [6.45, 7) is 4.73. The molecule has 11 aromatic rings. The van der Waals surface area contributed by atoms with Crippen molar-refractivity contribution < 1.29 is 8.81 Å². The number of rotatable bonds is 5. The van der Waals surface area contributed by atoms with Crippen molar-refractivity contribution in [2.24, 2.45) is 0 Å². The SMILES string of the molecule is C[SiH](C)c1ccc(N(c2cc3c(c4ccccc24)-c2c(ccc4ccccc24)C32c3ccccc3N(c3ccccc3)c3ccccc32)c2cccc3c2oc2c(F)cccc23)cc1. The lowest BCUT2D eigenvalue weighted by Gasteiger charge is -2.45. The number of furan rings is 1. The highest BCUT2D eigenvalue weighted by Crippen LogP contribution is 2.66. The summed E-state index contributed by atoms with van der Waals surface area (Å²) in [7, 11) is -1.10. The quantitative estimate of drug-likeness (QED) is 0.161. The molecule has 1 spiro atoms. The van der Waals surface area contributed by atoms with Gasteiger partial charge in [-0.25, -0.2) is 4.39 Å². The summed E-state index contributed by atoms with van der Waals surface area (Å²) in [4.78, 5) is 4.80. The Hall–Kier alpha value is -7.73. The zero-order valence-corrected chi connectivity index (χ0v) is 36.5. The molecule has 0 saturated heterocycles. The van der Waals surface area contributed by atoms with Gasteiger partial charge in [0.2, 0.25) is 0 Å². The van der Waals surface area contributed by atoms with Gasteiger partial charge in [0, 0.05) is 27.5 Å². The largest absolute Gasteiger partial charge is 0.451 e. The second kappa shape index (κ2) is 13.9. The highest BCUT2D eigenvalue weighted by Gasteiger charge is 2.53. The lowest BCUT2D eigenvalue weighted by molar-refractivity contribution is 0.584. The molecule has 13 rings (SSSR count). The second-order valence-electron chi connectivity index (χ2n) is 17.5. The van der Waals surface area contributed by atoms with Crippen LogP contribution in [0.25, 0.3) is 54.6 Å². The molecular formula is C59H41FN2OSi. The van der Waals surface area contributed by atoms with Crippen molar-refractivity contribution in [3.63, 3.8) is 0 Å². The van der Waals surface area contributed by atoms with E-state index in [0.29, 0.717) is 5.58 Å². The molecule has 0 atom stereocenters. The predicted octanol–water partition coefficient (Wildman–Crippen LogP) is 15.3. The maximum atomic E-state index is 15.6. The highest BCUT2D eigenvalue weighted by molar-refractivity contribution is 6.70. The van der Waals surface area contributed by atoms with Crippen LogP contribution in [0.5, 0.6) is 0 Å². The fourth-order valence-electron chi connectivity index (χ4n) is 11.1. The Labute approximate surface area is 372 Å². The van der Waals surface area contributed by atoms with Gasteiger partial charge in [0.05, 0.1) is 37.0 Å². The van der Waals surface area contributed by atoms with Crippen LogP contribution in [0.2, 0.25) is 13.1 Å². The first-order valence-electron chi connectivity index (χ1n) is 22.1. The maximum absolute atomic E-state index is 15.6. The van der Waals surface area contributed by atoms with Crippen molar-refractivity contribution >= 4 is 91.6 Å². The third-order valence-corrected chi connectivity index (χ3v) is 15.6. The molecule has 5 heteroatoms. The number of nitrogens with zero attached hydrogens (tertiary/aromatic N) is 2. The number of hydrogen-bond acceptors (Lipinski definition) is 3. The Morgan fingerprint density at radius 3 is 1.80 bits per heavy atom. The molecule has 0 fully saturated rings. The van der Waals surface area contributed by atoms with E-state index < -0.39 is 14.2 Å².